The Morgan fingerprint density at radius 1 is 1.60 bits per heavy atom. The van der Waals surface area contributed by atoms with Gasteiger partial charge in [0.25, 0.3) is 0 Å². The first-order chi connectivity index (χ1) is 7.11. The minimum Gasteiger partial charge on any atom is -0.322 e. The van der Waals surface area contributed by atoms with Gasteiger partial charge in [0, 0.05) is 12.7 Å². The summed E-state index contributed by atoms with van der Waals surface area (Å²) in [5.74, 6) is 0.493. The average molecular weight is 210 g/mol. The average Bonchev–Trinajstić information content (AvgIpc) is 2.51. The summed E-state index contributed by atoms with van der Waals surface area (Å²) in [6.07, 6.45) is 3.50. The van der Waals surface area contributed by atoms with Crippen molar-refractivity contribution < 1.29 is 4.79 Å². The van der Waals surface area contributed by atoms with Crippen molar-refractivity contribution in [3.05, 3.63) is 12.4 Å². The molecule has 2 N–H and O–H groups in total. The molecule has 0 saturated carbocycles. The lowest BCUT2D eigenvalue weighted by atomic mass is 10.2. The second-order valence-electron chi connectivity index (χ2n) is 3.92. The molecule has 0 aliphatic rings. The minimum absolute atomic E-state index is 0.0541. The van der Waals surface area contributed by atoms with E-state index in [0.717, 1.165) is 12.2 Å². The van der Waals surface area contributed by atoms with Crippen LogP contribution in [0.25, 0.3) is 0 Å². The molecule has 0 spiro atoms. The molecule has 1 aromatic heterocycles. The van der Waals surface area contributed by atoms with Crippen LogP contribution >= 0.6 is 0 Å². The zero-order valence-electron chi connectivity index (χ0n) is 9.45. The van der Waals surface area contributed by atoms with E-state index in [1.807, 2.05) is 10.9 Å². The predicted octanol–water partition coefficient (Wildman–Crippen LogP) is 0.697. The standard InChI is InChI=1S/C10H18N4O/c1-8(2)6-14-7-9(4-12-14)13-10(15)5-11-3/h4,7-8,11H,5-6H2,1-3H3,(H,13,15). The third-order valence-electron chi connectivity index (χ3n) is 1.81. The highest BCUT2D eigenvalue weighted by molar-refractivity contribution is 5.91. The largest absolute Gasteiger partial charge is 0.322 e. The van der Waals surface area contributed by atoms with Crippen molar-refractivity contribution in [1.82, 2.24) is 15.1 Å². The zero-order valence-corrected chi connectivity index (χ0v) is 9.45. The summed E-state index contributed by atoms with van der Waals surface area (Å²) >= 11 is 0. The van der Waals surface area contributed by atoms with E-state index >= 15 is 0 Å². The van der Waals surface area contributed by atoms with Crippen molar-refractivity contribution in [2.75, 3.05) is 18.9 Å². The van der Waals surface area contributed by atoms with E-state index in [4.69, 9.17) is 0 Å². The van der Waals surface area contributed by atoms with E-state index in [1.165, 1.54) is 0 Å². The van der Waals surface area contributed by atoms with Gasteiger partial charge in [-0.05, 0) is 13.0 Å². The van der Waals surface area contributed by atoms with Crippen LogP contribution in [0.2, 0.25) is 0 Å². The number of hydrogen-bond donors (Lipinski definition) is 2. The summed E-state index contributed by atoms with van der Waals surface area (Å²) in [6, 6.07) is 0. The summed E-state index contributed by atoms with van der Waals surface area (Å²) in [5, 5.41) is 9.69. The Kier molecular flexibility index (Phi) is 4.30. The number of amides is 1. The van der Waals surface area contributed by atoms with E-state index in [-0.39, 0.29) is 5.91 Å². The van der Waals surface area contributed by atoms with E-state index in [2.05, 4.69) is 29.6 Å². The molecule has 0 aromatic carbocycles. The van der Waals surface area contributed by atoms with Gasteiger partial charge in [-0.15, -0.1) is 0 Å². The number of likely N-dealkylation sites (N-methyl/N-ethyl adjacent to an activating group) is 1. The predicted molar refractivity (Wildman–Crippen MR) is 59.6 cm³/mol. The molecule has 0 saturated heterocycles. The van der Waals surface area contributed by atoms with Crippen molar-refractivity contribution in [3.63, 3.8) is 0 Å². The number of anilines is 1. The molecule has 0 aliphatic heterocycles. The molecule has 0 fully saturated rings. The highest BCUT2D eigenvalue weighted by Crippen LogP contribution is 2.06. The molecule has 5 nitrogen and oxygen atoms in total. The second kappa shape index (κ2) is 5.50. The molecule has 84 valence electrons. The Morgan fingerprint density at radius 2 is 2.33 bits per heavy atom. The van der Waals surface area contributed by atoms with E-state index in [1.54, 1.807) is 13.2 Å². The highest BCUT2D eigenvalue weighted by Gasteiger charge is 2.03. The summed E-state index contributed by atoms with van der Waals surface area (Å²) in [7, 11) is 1.74. The quantitative estimate of drug-likeness (QED) is 0.752. The van der Waals surface area contributed by atoms with Crippen LogP contribution in [-0.4, -0.2) is 29.3 Å². The number of rotatable bonds is 5. The topological polar surface area (TPSA) is 59.0 Å². The molecule has 0 radical (unpaired) electrons. The number of carbonyl (C=O) groups excluding carboxylic acids is 1. The summed E-state index contributed by atoms with van der Waals surface area (Å²) in [4.78, 5) is 11.2. The molecule has 0 unspecified atom stereocenters. The monoisotopic (exact) mass is 210 g/mol. The lowest BCUT2D eigenvalue weighted by Gasteiger charge is -2.03. The number of nitrogens with zero attached hydrogens (tertiary/aromatic N) is 2. The first-order valence-electron chi connectivity index (χ1n) is 5.08. The Hall–Kier alpha value is -1.36. The van der Waals surface area contributed by atoms with Crippen molar-refractivity contribution in [2.45, 2.75) is 20.4 Å². The number of hydrogen-bond acceptors (Lipinski definition) is 3. The fourth-order valence-corrected chi connectivity index (χ4v) is 1.27. The summed E-state index contributed by atoms with van der Waals surface area (Å²) < 4.78 is 1.83. The van der Waals surface area contributed by atoms with Crippen molar-refractivity contribution in [2.24, 2.45) is 5.92 Å². The first-order valence-corrected chi connectivity index (χ1v) is 5.08. The van der Waals surface area contributed by atoms with E-state index in [0.29, 0.717) is 12.5 Å². The smallest absolute Gasteiger partial charge is 0.238 e. The third kappa shape index (κ3) is 4.12. The molecule has 1 rings (SSSR count). The fourth-order valence-electron chi connectivity index (χ4n) is 1.27. The number of aromatic nitrogens is 2. The Bertz CT molecular complexity index is 319. The van der Waals surface area contributed by atoms with Crippen LogP contribution in [0.3, 0.4) is 0 Å². The lowest BCUT2D eigenvalue weighted by Crippen LogP contribution is -2.24. The van der Waals surface area contributed by atoms with Gasteiger partial charge in [-0.2, -0.15) is 5.10 Å². The molecule has 1 amide bonds. The molecule has 1 aromatic rings. The van der Waals surface area contributed by atoms with Crippen LogP contribution in [0.15, 0.2) is 12.4 Å². The van der Waals surface area contributed by atoms with E-state index in [9.17, 15) is 4.79 Å². The number of carbonyl (C=O) groups is 1. The van der Waals surface area contributed by atoms with Gasteiger partial charge in [0.1, 0.15) is 0 Å². The molecular formula is C10H18N4O. The van der Waals surface area contributed by atoms with Gasteiger partial charge in [0.2, 0.25) is 5.91 Å². The Morgan fingerprint density at radius 3 is 2.93 bits per heavy atom. The van der Waals surface area contributed by atoms with Crippen molar-refractivity contribution in [3.8, 4) is 0 Å². The maximum atomic E-state index is 11.2. The molecule has 1 heterocycles. The molecule has 5 heteroatoms. The lowest BCUT2D eigenvalue weighted by molar-refractivity contribution is -0.115. The van der Waals surface area contributed by atoms with Crippen LogP contribution in [0.1, 0.15) is 13.8 Å². The molecular weight excluding hydrogens is 192 g/mol. The van der Waals surface area contributed by atoms with Gasteiger partial charge in [0.05, 0.1) is 18.4 Å². The molecule has 0 atom stereocenters. The van der Waals surface area contributed by atoms with Crippen molar-refractivity contribution >= 4 is 11.6 Å². The summed E-state index contributed by atoms with van der Waals surface area (Å²) in [5.41, 5.74) is 0.746. The second-order valence-corrected chi connectivity index (χ2v) is 3.92. The number of nitrogens with one attached hydrogen (secondary N) is 2. The Labute approximate surface area is 89.9 Å². The van der Waals surface area contributed by atoms with Gasteiger partial charge in [-0.3, -0.25) is 9.48 Å². The van der Waals surface area contributed by atoms with Gasteiger partial charge < -0.3 is 10.6 Å². The maximum Gasteiger partial charge on any atom is 0.238 e. The molecule has 0 aliphatic carbocycles. The van der Waals surface area contributed by atoms with Crippen LogP contribution in [0, 0.1) is 5.92 Å². The third-order valence-corrected chi connectivity index (χ3v) is 1.81. The first kappa shape index (κ1) is 11.7. The fraction of sp³-hybridized carbons (Fsp3) is 0.600. The summed E-state index contributed by atoms with van der Waals surface area (Å²) in [6.45, 7) is 5.43. The molecule has 15 heavy (non-hydrogen) atoms. The van der Waals surface area contributed by atoms with E-state index < -0.39 is 0 Å². The SMILES string of the molecule is CNCC(=O)Nc1cnn(CC(C)C)c1. The van der Waals surface area contributed by atoms with Gasteiger partial charge in [-0.25, -0.2) is 0 Å². The molecule has 0 bridgehead atoms. The van der Waals surface area contributed by atoms with Gasteiger partial charge >= 0.3 is 0 Å². The van der Waals surface area contributed by atoms with Crippen LogP contribution in [-0.2, 0) is 11.3 Å². The van der Waals surface area contributed by atoms with Gasteiger partial charge in [0.15, 0.2) is 0 Å². The van der Waals surface area contributed by atoms with Crippen LogP contribution in [0.4, 0.5) is 5.69 Å². The minimum atomic E-state index is -0.0541. The Balaban J connectivity index is 2.49. The van der Waals surface area contributed by atoms with Crippen molar-refractivity contribution in [1.29, 1.82) is 0 Å². The normalized spacial score (nSPS) is 10.7. The zero-order chi connectivity index (χ0) is 11.3. The highest BCUT2D eigenvalue weighted by atomic mass is 16.1. The van der Waals surface area contributed by atoms with Gasteiger partial charge in [-0.1, -0.05) is 13.8 Å². The maximum absolute atomic E-state index is 11.2. The van der Waals surface area contributed by atoms with Crippen LogP contribution < -0.4 is 10.6 Å². The van der Waals surface area contributed by atoms with Crippen LogP contribution in [0.5, 0.6) is 0 Å².